The summed E-state index contributed by atoms with van der Waals surface area (Å²) in [6, 6.07) is 9.98. The third kappa shape index (κ3) is 3.89. The number of hydrogen-bond acceptors (Lipinski definition) is 4. The first-order valence-corrected chi connectivity index (χ1v) is 8.76. The molecule has 124 valence electrons. The molecule has 0 aliphatic rings. The van der Waals surface area contributed by atoms with E-state index in [0.717, 1.165) is 22.9 Å². The maximum Gasteiger partial charge on any atom is 0.243 e. The van der Waals surface area contributed by atoms with Crippen molar-refractivity contribution in [2.45, 2.75) is 32.9 Å². The molecule has 0 spiro atoms. The molecule has 3 aromatic rings. The summed E-state index contributed by atoms with van der Waals surface area (Å²) in [5.41, 5.74) is 2.14. The molecular formula is C18H20N4OS. The molecule has 1 aromatic carbocycles. The van der Waals surface area contributed by atoms with Gasteiger partial charge in [0.05, 0.1) is 17.2 Å². The smallest absolute Gasteiger partial charge is 0.243 e. The summed E-state index contributed by atoms with van der Waals surface area (Å²) in [4.78, 5) is 21.0. The van der Waals surface area contributed by atoms with Gasteiger partial charge in [0, 0.05) is 24.2 Å². The van der Waals surface area contributed by atoms with E-state index < -0.39 is 0 Å². The van der Waals surface area contributed by atoms with E-state index in [0.29, 0.717) is 6.54 Å². The predicted octanol–water partition coefficient (Wildman–Crippen LogP) is 3.12. The largest absolute Gasteiger partial charge is 0.349 e. The Morgan fingerprint density at radius 1 is 1.33 bits per heavy atom. The van der Waals surface area contributed by atoms with Gasteiger partial charge in [0.25, 0.3) is 0 Å². The molecule has 2 aromatic heterocycles. The van der Waals surface area contributed by atoms with Crippen molar-refractivity contribution in [1.29, 1.82) is 0 Å². The summed E-state index contributed by atoms with van der Waals surface area (Å²) in [5.74, 6) is 0.796. The highest BCUT2D eigenvalue weighted by Crippen LogP contribution is 2.15. The molecule has 0 saturated carbocycles. The van der Waals surface area contributed by atoms with Crippen molar-refractivity contribution in [1.82, 2.24) is 19.9 Å². The zero-order valence-electron chi connectivity index (χ0n) is 13.8. The number of nitrogens with zero attached hydrogens (tertiary/aromatic N) is 3. The van der Waals surface area contributed by atoms with E-state index in [2.05, 4.69) is 27.4 Å². The van der Waals surface area contributed by atoms with Crippen molar-refractivity contribution < 1.29 is 4.79 Å². The van der Waals surface area contributed by atoms with Crippen LogP contribution in [0.25, 0.3) is 0 Å². The zero-order chi connectivity index (χ0) is 16.9. The van der Waals surface area contributed by atoms with Crippen molar-refractivity contribution >= 4 is 17.2 Å². The van der Waals surface area contributed by atoms with Gasteiger partial charge in [-0.2, -0.15) is 0 Å². The van der Waals surface area contributed by atoms with Gasteiger partial charge in [-0.15, -0.1) is 11.3 Å². The summed E-state index contributed by atoms with van der Waals surface area (Å²) >= 11 is 1.63. The molecule has 1 unspecified atom stereocenters. The quantitative estimate of drug-likeness (QED) is 0.750. The molecule has 24 heavy (non-hydrogen) atoms. The van der Waals surface area contributed by atoms with E-state index in [1.54, 1.807) is 17.5 Å². The van der Waals surface area contributed by atoms with Gasteiger partial charge >= 0.3 is 0 Å². The Morgan fingerprint density at radius 3 is 2.83 bits per heavy atom. The summed E-state index contributed by atoms with van der Waals surface area (Å²) < 4.78 is 1.86. The standard InChI is InChI=1S/C18H20N4OS/c1-13(22-9-8-19-14(22)2)18(23)20-11-16-12-24-17(21-16)10-15-6-4-3-5-7-15/h3-9,12-13H,10-11H2,1-2H3,(H,20,23). The average molecular weight is 340 g/mol. The highest BCUT2D eigenvalue weighted by Gasteiger charge is 2.16. The number of carbonyl (C=O) groups is 1. The van der Waals surface area contributed by atoms with Gasteiger partial charge < -0.3 is 9.88 Å². The summed E-state index contributed by atoms with van der Waals surface area (Å²) in [6.45, 7) is 4.20. The molecule has 0 aliphatic heterocycles. The van der Waals surface area contributed by atoms with Crippen molar-refractivity contribution in [2.24, 2.45) is 0 Å². The number of carbonyl (C=O) groups excluding carboxylic acids is 1. The van der Waals surface area contributed by atoms with Crippen molar-refractivity contribution in [3.05, 3.63) is 70.2 Å². The Labute approximate surface area is 145 Å². The highest BCUT2D eigenvalue weighted by atomic mass is 32.1. The lowest BCUT2D eigenvalue weighted by atomic mass is 10.2. The highest BCUT2D eigenvalue weighted by molar-refractivity contribution is 7.09. The monoisotopic (exact) mass is 340 g/mol. The van der Waals surface area contributed by atoms with E-state index in [-0.39, 0.29) is 11.9 Å². The van der Waals surface area contributed by atoms with Crippen LogP contribution in [0.3, 0.4) is 0 Å². The molecule has 1 amide bonds. The summed E-state index contributed by atoms with van der Waals surface area (Å²) in [7, 11) is 0. The van der Waals surface area contributed by atoms with Gasteiger partial charge in [0.2, 0.25) is 5.91 Å². The van der Waals surface area contributed by atoms with Crippen LogP contribution in [-0.2, 0) is 17.8 Å². The van der Waals surface area contributed by atoms with Gasteiger partial charge in [-0.3, -0.25) is 4.79 Å². The van der Waals surface area contributed by atoms with Crippen molar-refractivity contribution in [3.8, 4) is 0 Å². The van der Waals surface area contributed by atoms with E-state index in [1.165, 1.54) is 5.56 Å². The third-order valence-electron chi connectivity index (χ3n) is 3.90. The van der Waals surface area contributed by atoms with Crippen LogP contribution in [0.5, 0.6) is 0 Å². The van der Waals surface area contributed by atoms with E-state index >= 15 is 0 Å². The first-order chi connectivity index (χ1) is 11.6. The fraction of sp³-hybridized carbons (Fsp3) is 0.278. The van der Waals surface area contributed by atoms with Crippen molar-refractivity contribution in [2.75, 3.05) is 0 Å². The van der Waals surface area contributed by atoms with E-state index in [1.807, 2.05) is 48.2 Å². The fourth-order valence-electron chi connectivity index (χ4n) is 2.53. The number of amides is 1. The minimum Gasteiger partial charge on any atom is -0.349 e. The molecule has 0 aliphatic carbocycles. The van der Waals surface area contributed by atoms with Crippen LogP contribution < -0.4 is 5.32 Å². The predicted molar refractivity (Wildman–Crippen MR) is 94.9 cm³/mol. The van der Waals surface area contributed by atoms with Crippen LogP contribution in [-0.4, -0.2) is 20.4 Å². The number of aromatic nitrogens is 3. The Kier molecular flexibility index (Phi) is 5.05. The molecule has 0 bridgehead atoms. The number of hydrogen-bond donors (Lipinski definition) is 1. The molecule has 0 radical (unpaired) electrons. The van der Waals surface area contributed by atoms with Crippen molar-refractivity contribution in [3.63, 3.8) is 0 Å². The van der Waals surface area contributed by atoms with Crippen LogP contribution in [0.15, 0.2) is 48.1 Å². The zero-order valence-corrected chi connectivity index (χ0v) is 14.6. The second-order valence-electron chi connectivity index (χ2n) is 5.67. The number of thiazole rings is 1. The molecule has 0 fully saturated rings. The molecule has 1 atom stereocenters. The first kappa shape index (κ1) is 16.4. The molecule has 5 nitrogen and oxygen atoms in total. The Balaban J connectivity index is 1.55. The molecule has 1 N–H and O–H groups in total. The Hall–Kier alpha value is -2.47. The molecule has 3 rings (SSSR count). The lowest BCUT2D eigenvalue weighted by Gasteiger charge is -2.14. The van der Waals surface area contributed by atoms with Gasteiger partial charge in [-0.05, 0) is 19.4 Å². The number of rotatable bonds is 6. The second kappa shape index (κ2) is 7.40. The lowest BCUT2D eigenvalue weighted by Crippen LogP contribution is -2.30. The fourth-order valence-corrected chi connectivity index (χ4v) is 3.36. The SMILES string of the molecule is Cc1nccn1C(C)C(=O)NCc1csc(Cc2ccccc2)n1. The first-order valence-electron chi connectivity index (χ1n) is 7.88. The van der Waals surface area contributed by atoms with Crippen LogP contribution in [0.1, 0.15) is 35.1 Å². The van der Waals surface area contributed by atoms with Gasteiger partial charge in [-0.1, -0.05) is 30.3 Å². The van der Waals surface area contributed by atoms with Gasteiger partial charge in [0.15, 0.2) is 0 Å². The molecule has 0 saturated heterocycles. The summed E-state index contributed by atoms with van der Waals surface area (Å²) in [6.07, 6.45) is 4.35. The topological polar surface area (TPSA) is 59.8 Å². The molecule has 6 heteroatoms. The maximum atomic E-state index is 12.3. The number of aryl methyl sites for hydroxylation is 1. The van der Waals surface area contributed by atoms with Crippen LogP contribution in [0.4, 0.5) is 0 Å². The molecular weight excluding hydrogens is 320 g/mol. The average Bonchev–Trinajstić information content (AvgIpc) is 3.22. The normalized spacial score (nSPS) is 12.1. The van der Waals surface area contributed by atoms with Crippen LogP contribution in [0.2, 0.25) is 0 Å². The van der Waals surface area contributed by atoms with Gasteiger partial charge in [-0.25, -0.2) is 9.97 Å². The van der Waals surface area contributed by atoms with E-state index in [9.17, 15) is 4.79 Å². The minimum atomic E-state index is -0.282. The van der Waals surface area contributed by atoms with Crippen LogP contribution >= 0.6 is 11.3 Å². The maximum absolute atomic E-state index is 12.3. The van der Waals surface area contributed by atoms with Crippen LogP contribution in [0, 0.1) is 6.92 Å². The minimum absolute atomic E-state index is 0.0336. The Morgan fingerprint density at radius 2 is 2.12 bits per heavy atom. The van der Waals surface area contributed by atoms with Gasteiger partial charge in [0.1, 0.15) is 11.9 Å². The summed E-state index contributed by atoms with van der Waals surface area (Å²) in [5, 5.41) is 6.01. The van der Waals surface area contributed by atoms with E-state index in [4.69, 9.17) is 0 Å². The number of benzene rings is 1. The Bertz CT molecular complexity index is 809. The lowest BCUT2D eigenvalue weighted by molar-refractivity contribution is -0.124. The second-order valence-corrected chi connectivity index (χ2v) is 6.61. The number of imidazole rings is 1. The third-order valence-corrected chi connectivity index (χ3v) is 4.80. The molecule has 2 heterocycles. The number of nitrogens with one attached hydrogen (secondary N) is 1.